The van der Waals surface area contributed by atoms with E-state index < -0.39 is 11.4 Å². The van der Waals surface area contributed by atoms with Gasteiger partial charge >= 0.3 is 0 Å². The summed E-state index contributed by atoms with van der Waals surface area (Å²) in [7, 11) is 0. The van der Waals surface area contributed by atoms with Gasteiger partial charge in [-0.05, 0) is 12.0 Å². The van der Waals surface area contributed by atoms with Crippen molar-refractivity contribution in [2.45, 2.75) is 31.8 Å². The predicted molar refractivity (Wildman–Crippen MR) is 77.7 cm³/mol. The van der Waals surface area contributed by atoms with Crippen molar-refractivity contribution < 1.29 is 4.79 Å². The van der Waals surface area contributed by atoms with Crippen LogP contribution in [0.1, 0.15) is 24.7 Å². The molecule has 2 aromatic rings. The molecule has 106 valence electrons. The lowest BCUT2D eigenvalue weighted by Gasteiger charge is -2.27. The highest BCUT2D eigenvalue weighted by Gasteiger charge is 2.34. The first kappa shape index (κ1) is 14.3. The number of primary amides is 1. The smallest absolute Gasteiger partial charge is 0.243 e. The summed E-state index contributed by atoms with van der Waals surface area (Å²) in [6, 6.07) is 9.22. The first-order valence-electron chi connectivity index (χ1n) is 6.72. The summed E-state index contributed by atoms with van der Waals surface area (Å²) in [5.74, 6) is 0.374. The topological polar surface area (TPSA) is 86.9 Å². The maximum absolute atomic E-state index is 11.9. The fraction of sp³-hybridized carbons (Fsp3) is 0.333. The number of rotatable bonds is 6. The number of amides is 1. The number of carbonyl (C=O) groups excluding carboxylic acids is 1. The minimum absolute atomic E-state index is 0.293. The summed E-state index contributed by atoms with van der Waals surface area (Å²) in [6.07, 6.45) is 5.38. The van der Waals surface area contributed by atoms with Crippen LogP contribution in [0.4, 0.5) is 0 Å². The van der Waals surface area contributed by atoms with Crippen LogP contribution < -0.4 is 11.5 Å². The van der Waals surface area contributed by atoms with Crippen LogP contribution in [-0.2, 0) is 23.3 Å². The molecule has 1 aromatic heterocycles. The van der Waals surface area contributed by atoms with E-state index in [1.807, 2.05) is 41.1 Å². The Kier molecular flexibility index (Phi) is 4.20. The molecule has 1 heterocycles. The third kappa shape index (κ3) is 2.72. The number of aromatic nitrogens is 2. The first-order chi connectivity index (χ1) is 9.58. The van der Waals surface area contributed by atoms with Gasteiger partial charge < -0.3 is 16.0 Å². The molecule has 5 nitrogen and oxygen atoms in total. The molecule has 4 N–H and O–H groups in total. The molecule has 0 saturated heterocycles. The van der Waals surface area contributed by atoms with E-state index in [9.17, 15) is 4.79 Å². The molecule has 0 aliphatic rings. The van der Waals surface area contributed by atoms with Gasteiger partial charge in [0.1, 0.15) is 11.4 Å². The maximum atomic E-state index is 11.9. The van der Waals surface area contributed by atoms with Gasteiger partial charge in [0.05, 0.1) is 6.54 Å². The lowest BCUT2D eigenvalue weighted by molar-refractivity contribution is -0.124. The van der Waals surface area contributed by atoms with Crippen molar-refractivity contribution in [2.75, 3.05) is 0 Å². The molecule has 1 atom stereocenters. The molecule has 0 spiro atoms. The summed E-state index contributed by atoms with van der Waals surface area (Å²) in [5, 5.41) is 0. The van der Waals surface area contributed by atoms with Crippen LogP contribution in [0.5, 0.6) is 0 Å². The lowest BCUT2D eigenvalue weighted by atomic mass is 9.90. The molecule has 0 aliphatic carbocycles. The number of nitrogens with two attached hydrogens (primary N) is 2. The normalized spacial score (nSPS) is 13.9. The van der Waals surface area contributed by atoms with E-state index in [4.69, 9.17) is 11.5 Å². The third-order valence-corrected chi connectivity index (χ3v) is 3.42. The Morgan fingerprint density at radius 1 is 1.35 bits per heavy atom. The molecule has 0 radical (unpaired) electrons. The second-order valence-electron chi connectivity index (χ2n) is 4.92. The van der Waals surface area contributed by atoms with Crippen LogP contribution in [0.3, 0.4) is 0 Å². The summed E-state index contributed by atoms with van der Waals surface area (Å²) in [5.41, 5.74) is 11.3. The van der Waals surface area contributed by atoms with Crippen molar-refractivity contribution in [1.29, 1.82) is 0 Å². The Morgan fingerprint density at radius 2 is 2.05 bits per heavy atom. The average Bonchev–Trinajstić information content (AvgIpc) is 2.87. The van der Waals surface area contributed by atoms with Crippen LogP contribution in [0.2, 0.25) is 0 Å². The molecule has 0 saturated carbocycles. The van der Waals surface area contributed by atoms with Gasteiger partial charge in [0.2, 0.25) is 5.91 Å². The predicted octanol–water partition coefficient (Wildman–Crippen LogP) is 1.18. The molecular weight excluding hydrogens is 252 g/mol. The van der Waals surface area contributed by atoms with Crippen molar-refractivity contribution in [3.05, 3.63) is 54.1 Å². The number of hydrogen-bond donors (Lipinski definition) is 2. The average molecular weight is 272 g/mol. The van der Waals surface area contributed by atoms with Crippen molar-refractivity contribution in [3.63, 3.8) is 0 Å². The van der Waals surface area contributed by atoms with E-state index in [1.165, 1.54) is 0 Å². The molecule has 1 unspecified atom stereocenters. The Balaban J connectivity index is 2.35. The van der Waals surface area contributed by atoms with E-state index in [0.29, 0.717) is 12.1 Å². The summed E-state index contributed by atoms with van der Waals surface area (Å²) < 4.78 is 1.90. The Bertz CT molecular complexity index is 579. The fourth-order valence-electron chi connectivity index (χ4n) is 2.25. The zero-order valence-electron chi connectivity index (χ0n) is 11.6. The van der Waals surface area contributed by atoms with E-state index in [0.717, 1.165) is 18.7 Å². The molecule has 0 aliphatic heterocycles. The Morgan fingerprint density at radius 3 is 2.65 bits per heavy atom. The highest BCUT2D eigenvalue weighted by molar-refractivity contribution is 5.85. The number of benzene rings is 1. The zero-order valence-corrected chi connectivity index (χ0v) is 11.6. The van der Waals surface area contributed by atoms with Gasteiger partial charge in [-0.3, -0.25) is 4.79 Å². The summed E-state index contributed by atoms with van der Waals surface area (Å²) >= 11 is 0. The van der Waals surface area contributed by atoms with E-state index in [2.05, 4.69) is 11.9 Å². The molecule has 1 aromatic carbocycles. The SMILES string of the molecule is CCCc1nccn1CC(N)(C(N)=O)c1ccccc1. The maximum Gasteiger partial charge on any atom is 0.243 e. The molecular formula is C15H20N4O. The molecule has 5 heteroatoms. The van der Waals surface area contributed by atoms with Crippen molar-refractivity contribution in [3.8, 4) is 0 Å². The van der Waals surface area contributed by atoms with Gasteiger partial charge in [0, 0.05) is 18.8 Å². The third-order valence-electron chi connectivity index (χ3n) is 3.42. The standard InChI is InChI=1S/C15H20N4O/c1-2-6-13-18-9-10-19(13)11-15(17,14(16)20)12-7-4-3-5-8-12/h3-5,7-10H,2,6,11,17H2,1H3,(H2,16,20). The zero-order chi connectivity index (χ0) is 14.6. The Labute approximate surface area is 118 Å². The fourth-order valence-corrected chi connectivity index (χ4v) is 2.25. The van der Waals surface area contributed by atoms with Crippen molar-refractivity contribution >= 4 is 5.91 Å². The van der Waals surface area contributed by atoms with Crippen molar-refractivity contribution in [1.82, 2.24) is 9.55 Å². The monoisotopic (exact) mass is 272 g/mol. The van der Waals surface area contributed by atoms with Gasteiger partial charge in [0.15, 0.2) is 0 Å². The highest BCUT2D eigenvalue weighted by atomic mass is 16.1. The molecule has 2 rings (SSSR count). The van der Waals surface area contributed by atoms with E-state index >= 15 is 0 Å². The number of aryl methyl sites for hydroxylation is 1. The summed E-state index contributed by atoms with van der Waals surface area (Å²) in [4.78, 5) is 16.2. The number of carbonyl (C=O) groups is 1. The van der Waals surface area contributed by atoms with Crippen LogP contribution in [0.15, 0.2) is 42.7 Å². The first-order valence-corrected chi connectivity index (χ1v) is 6.72. The minimum Gasteiger partial charge on any atom is -0.368 e. The minimum atomic E-state index is -1.23. The van der Waals surface area contributed by atoms with Crippen LogP contribution in [0.25, 0.3) is 0 Å². The quantitative estimate of drug-likeness (QED) is 0.827. The molecule has 1 amide bonds. The molecule has 0 bridgehead atoms. The van der Waals surface area contributed by atoms with E-state index in [-0.39, 0.29) is 0 Å². The number of hydrogen-bond acceptors (Lipinski definition) is 3. The van der Waals surface area contributed by atoms with Gasteiger partial charge in [-0.1, -0.05) is 37.3 Å². The van der Waals surface area contributed by atoms with E-state index in [1.54, 1.807) is 6.20 Å². The van der Waals surface area contributed by atoms with Crippen LogP contribution in [-0.4, -0.2) is 15.5 Å². The summed E-state index contributed by atoms with van der Waals surface area (Å²) in [6.45, 7) is 2.38. The second-order valence-corrected chi connectivity index (χ2v) is 4.92. The van der Waals surface area contributed by atoms with Gasteiger partial charge in [-0.2, -0.15) is 0 Å². The van der Waals surface area contributed by atoms with Gasteiger partial charge in [0.25, 0.3) is 0 Å². The largest absolute Gasteiger partial charge is 0.368 e. The van der Waals surface area contributed by atoms with Crippen LogP contribution in [0, 0.1) is 0 Å². The van der Waals surface area contributed by atoms with Gasteiger partial charge in [-0.25, -0.2) is 4.98 Å². The molecule has 0 fully saturated rings. The Hall–Kier alpha value is -2.14. The number of imidazole rings is 1. The molecule has 20 heavy (non-hydrogen) atoms. The van der Waals surface area contributed by atoms with Crippen LogP contribution >= 0.6 is 0 Å². The van der Waals surface area contributed by atoms with Gasteiger partial charge in [-0.15, -0.1) is 0 Å². The number of nitrogens with zero attached hydrogens (tertiary/aromatic N) is 2. The van der Waals surface area contributed by atoms with Crippen molar-refractivity contribution in [2.24, 2.45) is 11.5 Å². The highest BCUT2D eigenvalue weighted by Crippen LogP contribution is 2.21. The second kappa shape index (κ2) is 5.88. The lowest BCUT2D eigenvalue weighted by Crippen LogP contribution is -2.52.